The smallest absolute Gasteiger partial charge is 0.248 e. The molecule has 254 valence electrons. The van der Waals surface area contributed by atoms with E-state index in [1.54, 1.807) is 22.0 Å². The van der Waals surface area contributed by atoms with E-state index in [0.29, 0.717) is 45.9 Å². The normalized spacial score (nSPS) is 20.9. The number of amides is 2. The van der Waals surface area contributed by atoms with Gasteiger partial charge in [0.1, 0.15) is 34.5 Å². The third kappa shape index (κ3) is 6.48. The lowest BCUT2D eigenvalue weighted by atomic mass is 9.81. The molecular weight excluding hydrogens is 688 g/mol. The van der Waals surface area contributed by atoms with Crippen LogP contribution in [0, 0.1) is 26.7 Å². The zero-order chi connectivity index (χ0) is 34.4. The molecule has 49 heavy (non-hydrogen) atoms. The van der Waals surface area contributed by atoms with Crippen molar-refractivity contribution in [1.29, 1.82) is 0 Å². The van der Waals surface area contributed by atoms with Gasteiger partial charge in [-0.05, 0) is 84.4 Å². The van der Waals surface area contributed by atoms with E-state index >= 15 is 0 Å². The van der Waals surface area contributed by atoms with Crippen LogP contribution in [-0.4, -0.2) is 71.1 Å². The van der Waals surface area contributed by atoms with Crippen LogP contribution in [0.2, 0.25) is 0 Å². The average molecular weight is 728 g/mol. The van der Waals surface area contributed by atoms with Gasteiger partial charge in [0.2, 0.25) is 11.8 Å². The number of rotatable bonds is 7. The summed E-state index contributed by atoms with van der Waals surface area (Å²) in [5.74, 6) is 0.599. The lowest BCUT2D eigenvalue weighted by Crippen LogP contribution is -2.45. The number of pyridine rings is 1. The van der Waals surface area contributed by atoms with E-state index < -0.39 is 11.6 Å². The van der Waals surface area contributed by atoms with Gasteiger partial charge in [-0.15, -0.1) is 0 Å². The Labute approximate surface area is 292 Å². The number of nitrogens with one attached hydrogen (secondary N) is 1. The molecule has 1 spiro atoms. The van der Waals surface area contributed by atoms with E-state index in [1.807, 2.05) is 45.0 Å². The Morgan fingerprint density at radius 2 is 1.78 bits per heavy atom. The first-order valence-electron chi connectivity index (χ1n) is 16.8. The van der Waals surface area contributed by atoms with Crippen molar-refractivity contribution in [3.63, 3.8) is 0 Å². The number of nitrogens with zero attached hydrogens (tertiary/aromatic N) is 7. The van der Waals surface area contributed by atoms with Crippen molar-refractivity contribution in [2.45, 2.75) is 90.8 Å². The van der Waals surface area contributed by atoms with Crippen LogP contribution in [-0.2, 0) is 21.0 Å². The average Bonchev–Trinajstić information content (AvgIpc) is 3.79. The summed E-state index contributed by atoms with van der Waals surface area (Å²) >= 11 is 3.39. The number of hydrogen-bond donors (Lipinski definition) is 1. The van der Waals surface area contributed by atoms with Gasteiger partial charge in [0.25, 0.3) is 0 Å². The first-order chi connectivity index (χ1) is 23.5. The lowest BCUT2D eigenvalue weighted by Gasteiger charge is -2.25. The van der Waals surface area contributed by atoms with Crippen molar-refractivity contribution in [3.05, 3.63) is 63.9 Å². The van der Waals surface area contributed by atoms with Crippen LogP contribution >= 0.6 is 15.9 Å². The number of oxime groups is 1. The molecule has 1 saturated carbocycles. The summed E-state index contributed by atoms with van der Waals surface area (Å²) in [6.45, 7) is 7.14. The summed E-state index contributed by atoms with van der Waals surface area (Å²) in [6.07, 6.45) is 10.1. The number of halogens is 1. The first kappa shape index (κ1) is 33.0. The third-order valence-corrected chi connectivity index (χ3v) is 10.5. The standard InChI is InChI=1S/C36H39BrN8O4/c1-20-10-11-30(37)40-34(20)41-35(48)29-15-36(14-28(43-49-36)24-8-6-5-7-9-24)19-44(29)31(47)18-45-33-21(2)12-25(26-16-38-23(4)39-17-26)13-27(33)32(42-45)22(3)46/h10-13,16-17,24,29H,5-9,14-15,18-19H2,1-4H3,(H,40,41,48)/t29-,36?/m0/s1. The zero-order valence-electron chi connectivity index (χ0n) is 28.1. The number of carbonyl (C=O) groups is 3. The summed E-state index contributed by atoms with van der Waals surface area (Å²) in [5, 5.41) is 12.8. The van der Waals surface area contributed by atoms with Crippen molar-refractivity contribution in [3.8, 4) is 11.1 Å². The summed E-state index contributed by atoms with van der Waals surface area (Å²) < 4.78 is 2.17. The van der Waals surface area contributed by atoms with Gasteiger partial charge in [0, 0.05) is 49.0 Å². The van der Waals surface area contributed by atoms with Gasteiger partial charge in [0.15, 0.2) is 11.4 Å². The Balaban J connectivity index is 1.20. The summed E-state index contributed by atoms with van der Waals surface area (Å²) in [4.78, 5) is 62.0. The minimum atomic E-state index is -0.822. The predicted molar refractivity (Wildman–Crippen MR) is 188 cm³/mol. The van der Waals surface area contributed by atoms with E-state index in [0.717, 1.165) is 40.8 Å². The maximum Gasteiger partial charge on any atom is 0.248 e. The van der Waals surface area contributed by atoms with Crippen LogP contribution < -0.4 is 5.32 Å². The van der Waals surface area contributed by atoms with Crippen LogP contribution in [0.25, 0.3) is 22.0 Å². The minimum absolute atomic E-state index is 0.165. The number of benzene rings is 1. The highest BCUT2D eigenvalue weighted by Crippen LogP contribution is 2.41. The second kappa shape index (κ2) is 13.1. The van der Waals surface area contributed by atoms with Crippen LogP contribution in [0.4, 0.5) is 5.82 Å². The number of aryl methyl sites for hydroxylation is 3. The van der Waals surface area contributed by atoms with Crippen LogP contribution in [0.15, 0.2) is 46.4 Å². The number of Topliss-reactive ketones (excluding diaryl/α,β-unsaturated/α-hetero) is 1. The fourth-order valence-electron chi connectivity index (χ4n) is 7.50. The molecule has 0 bridgehead atoms. The van der Waals surface area contributed by atoms with Crippen molar-refractivity contribution in [1.82, 2.24) is 29.6 Å². The Morgan fingerprint density at radius 3 is 2.51 bits per heavy atom. The fourth-order valence-corrected chi connectivity index (χ4v) is 7.81. The van der Waals surface area contributed by atoms with Crippen LogP contribution in [0.1, 0.15) is 79.3 Å². The molecular formula is C36H39BrN8O4. The number of likely N-dealkylation sites (tertiary alicyclic amines) is 1. The van der Waals surface area contributed by atoms with Crippen LogP contribution in [0.5, 0.6) is 0 Å². The second-order valence-corrected chi connectivity index (χ2v) is 14.5. The molecule has 5 heterocycles. The van der Waals surface area contributed by atoms with E-state index in [4.69, 9.17) is 4.84 Å². The summed E-state index contributed by atoms with van der Waals surface area (Å²) in [7, 11) is 0. The molecule has 4 aromatic rings. The van der Waals surface area contributed by atoms with Crippen molar-refractivity contribution >= 4 is 56.0 Å². The largest absolute Gasteiger partial charge is 0.387 e. The van der Waals surface area contributed by atoms with E-state index in [-0.39, 0.29) is 36.4 Å². The maximum atomic E-state index is 14.3. The van der Waals surface area contributed by atoms with Gasteiger partial charge in [-0.2, -0.15) is 5.10 Å². The molecule has 3 aromatic heterocycles. The number of aromatic nitrogens is 5. The fraction of sp³-hybridized carbons (Fsp3) is 0.444. The number of ketones is 1. The Bertz CT molecular complexity index is 2000. The second-order valence-electron chi connectivity index (χ2n) is 13.7. The number of carbonyl (C=O) groups excluding carboxylic acids is 3. The molecule has 0 radical (unpaired) electrons. The van der Waals surface area contributed by atoms with Gasteiger partial charge >= 0.3 is 0 Å². The number of anilines is 1. The Morgan fingerprint density at radius 1 is 1.02 bits per heavy atom. The van der Waals surface area contributed by atoms with Crippen molar-refractivity contribution in [2.75, 3.05) is 11.9 Å². The van der Waals surface area contributed by atoms with Gasteiger partial charge in [-0.1, -0.05) is 30.5 Å². The lowest BCUT2D eigenvalue weighted by molar-refractivity contribution is -0.137. The molecule has 1 unspecified atom stereocenters. The SMILES string of the molecule is CC(=O)c1nn(CC(=O)N2CC3(CC(C4CCCCC4)=NO3)C[C@H]2C(=O)Nc2nc(Br)ccc2C)c2c(C)cc(-c3cnc(C)nc3)cc12. The molecule has 2 atom stereocenters. The highest BCUT2D eigenvalue weighted by molar-refractivity contribution is 9.10. The molecule has 1 aliphatic carbocycles. The first-order valence-corrected chi connectivity index (χ1v) is 17.6. The molecule has 13 heteroatoms. The molecule has 1 aromatic carbocycles. The molecule has 7 rings (SSSR count). The van der Waals surface area contributed by atoms with Gasteiger partial charge in [-0.3, -0.25) is 19.1 Å². The Hall–Kier alpha value is -4.52. The summed E-state index contributed by atoms with van der Waals surface area (Å²) in [5.41, 5.74) is 4.50. The topological polar surface area (TPSA) is 145 Å². The van der Waals surface area contributed by atoms with Crippen LogP contribution in [0.3, 0.4) is 0 Å². The third-order valence-electron chi connectivity index (χ3n) is 10.0. The zero-order valence-corrected chi connectivity index (χ0v) is 29.7. The minimum Gasteiger partial charge on any atom is -0.387 e. The highest BCUT2D eigenvalue weighted by Gasteiger charge is 2.54. The molecule has 1 saturated heterocycles. The maximum absolute atomic E-state index is 14.3. The van der Waals surface area contributed by atoms with Gasteiger partial charge < -0.3 is 15.1 Å². The summed E-state index contributed by atoms with van der Waals surface area (Å²) in [6, 6.07) is 6.73. The molecule has 3 aliphatic rings. The Kier molecular flexibility index (Phi) is 8.80. The van der Waals surface area contributed by atoms with Gasteiger partial charge in [-0.25, -0.2) is 15.0 Å². The number of hydrogen-bond acceptors (Lipinski definition) is 9. The van der Waals surface area contributed by atoms with Crippen molar-refractivity contribution < 1.29 is 19.2 Å². The molecule has 12 nitrogen and oxygen atoms in total. The van der Waals surface area contributed by atoms with E-state index in [1.165, 1.54) is 26.2 Å². The van der Waals surface area contributed by atoms with E-state index in [9.17, 15) is 14.4 Å². The van der Waals surface area contributed by atoms with Crippen molar-refractivity contribution in [2.24, 2.45) is 11.1 Å². The highest BCUT2D eigenvalue weighted by atomic mass is 79.9. The molecule has 2 fully saturated rings. The predicted octanol–water partition coefficient (Wildman–Crippen LogP) is 6.11. The molecule has 1 N–H and O–H groups in total. The number of fused-ring (bicyclic) bond motifs is 1. The molecule has 2 aliphatic heterocycles. The monoisotopic (exact) mass is 726 g/mol. The van der Waals surface area contributed by atoms with E-state index in [2.05, 4.69) is 46.5 Å². The quantitative estimate of drug-likeness (QED) is 0.177. The molecule has 2 amide bonds. The van der Waals surface area contributed by atoms with Gasteiger partial charge in [0.05, 0.1) is 17.8 Å².